The summed E-state index contributed by atoms with van der Waals surface area (Å²) in [5.74, 6) is 1.23. The average Bonchev–Trinajstić information content (AvgIpc) is 3.24. The second kappa shape index (κ2) is 8.79. The molecule has 5 nitrogen and oxygen atoms in total. The second-order valence-corrected chi connectivity index (χ2v) is 9.38. The molecule has 2 aliphatic heterocycles. The van der Waals surface area contributed by atoms with Gasteiger partial charge in [0.1, 0.15) is 17.3 Å². The predicted octanol–water partition coefficient (Wildman–Crippen LogP) is 5.73. The normalized spacial score (nSPS) is 17.9. The molecule has 3 aromatic rings. The van der Waals surface area contributed by atoms with Crippen molar-refractivity contribution in [3.05, 3.63) is 76.0 Å². The summed E-state index contributed by atoms with van der Waals surface area (Å²) in [6.07, 6.45) is -4.09. The number of alkyl halides is 3. The largest absolute Gasteiger partial charge is 0.454 e. The number of ether oxygens (including phenoxy) is 1. The summed E-state index contributed by atoms with van der Waals surface area (Å²) >= 11 is 1.57. The van der Waals surface area contributed by atoms with Gasteiger partial charge in [0.2, 0.25) is 5.91 Å². The first-order chi connectivity index (χ1) is 16.3. The lowest BCUT2D eigenvalue weighted by atomic mass is 10.1. The Morgan fingerprint density at radius 1 is 1.12 bits per heavy atom. The van der Waals surface area contributed by atoms with Crippen LogP contribution in [0.15, 0.2) is 65.0 Å². The molecule has 0 aliphatic carbocycles. The molecule has 176 valence electrons. The summed E-state index contributed by atoms with van der Waals surface area (Å²) in [7, 11) is 0. The van der Waals surface area contributed by atoms with Crippen LogP contribution in [0.5, 0.6) is 11.5 Å². The van der Waals surface area contributed by atoms with Crippen LogP contribution in [0.4, 0.5) is 18.9 Å². The van der Waals surface area contributed by atoms with E-state index in [2.05, 4.69) is 4.90 Å². The fraction of sp³-hybridized carbons (Fsp3) is 0.280. The van der Waals surface area contributed by atoms with Crippen molar-refractivity contribution in [1.29, 1.82) is 0 Å². The van der Waals surface area contributed by atoms with E-state index in [4.69, 9.17) is 9.73 Å². The number of rotatable bonds is 2. The molecule has 0 radical (unpaired) electrons. The molecular formula is C25H22F3N3O2S. The maximum Gasteiger partial charge on any atom is 0.416 e. The quantitative estimate of drug-likeness (QED) is 0.466. The molecule has 2 aliphatic rings. The summed E-state index contributed by atoms with van der Waals surface area (Å²) in [6.45, 7) is 3.65. The molecule has 0 saturated carbocycles. The van der Waals surface area contributed by atoms with Gasteiger partial charge in [0, 0.05) is 30.6 Å². The van der Waals surface area contributed by atoms with Gasteiger partial charge in [0.25, 0.3) is 0 Å². The highest BCUT2D eigenvalue weighted by Gasteiger charge is 2.34. The number of nitrogens with zero attached hydrogens (tertiary/aromatic N) is 3. The zero-order valence-corrected chi connectivity index (χ0v) is 19.2. The van der Waals surface area contributed by atoms with Gasteiger partial charge in [-0.05, 0) is 48.7 Å². The number of carbonyl (C=O) groups is 1. The predicted molar refractivity (Wildman–Crippen MR) is 125 cm³/mol. The molecule has 0 spiro atoms. The smallest absolute Gasteiger partial charge is 0.416 e. The third kappa shape index (κ3) is 4.40. The molecular weight excluding hydrogens is 463 g/mol. The maximum atomic E-state index is 13.3. The third-order valence-electron chi connectivity index (χ3n) is 6.01. The fourth-order valence-electron chi connectivity index (χ4n) is 4.32. The standard InChI is InChI=1S/C25H22F3N3O2S/c1-16-15-30(10-11-31(16)23(32)14-18-5-4-12-34-18)24-19-6-2-3-7-21(19)33-22-13-17(25(26,27)28)8-9-20(22)29-24/h2-9,12-13,16H,10-11,14-15H2,1H3. The number of hydrogen-bond donors (Lipinski definition) is 0. The summed E-state index contributed by atoms with van der Waals surface area (Å²) in [5, 5.41) is 1.96. The monoisotopic (exact) mass is 485 g/mol. The number of benzene rings is 2. The Bertz CT molecular complexity index is 1240. The van der Waals surface area contributed by atoms with Crippen molar-refractivity contribution in [2.24, 2.45) is 4.99 Å². The number of para-hydroxylation sites is 1. The van der Waals surface area contributed by atoms with Gasteiger partial charge in [-0.25, -0.2) is 4.99 Å². The number of halogens is 3. The van der Waals surface area contributed by atoms with Gasteiger partial charge in [0.05, 0.1) is 17.5 Å². The summed E-state index contributed by atoms with van der Waals surface area (Å²) in [5.41, 5.74) is 0.259. The van der Waals surface area contributed by atoms with E-state index in [9.17, 15) is 18.0 Å². The van der Waals surface area contributed by atoms with Crippen molar-refractivity contribution in [3.8, 4) is 11.5 Å². The molecule has 34 heavy (non-hydrogen) atoms. The minimum absolute atomic E-state index is 0.0488. The van der Waals surface area contributed by atoms with E-state index in [0.717, 1.165) is 17.0 Å². The van der Waals surface area contributed by atoms with E-state index in [1.807, 2.05) is 41.5 Å². The minimum Gasteiger partial charge on any atom is -0.454 e. The van der Waals surface area contributed by atoms with E-state index < -0.39 is 11.7 Å². The average molecular weight is 486 g/mol. The number of piperazine rings is 1. The lowest BCUT2D eigenvalue weighted by Gasteiger charge is -2.41. The van der Waals surface area contributed by atoms with E-state index >= 15 is 0 Å². The van der Waals surface area contributed by atoms with Crippen LogP contribution in [0.1, 0.15) is 22.9 Å². The van der Waals surface area contributed by atoms with Crippen LogP contribution in [0.3, 0.4) is 0 Å². The Labute approximate surface area is 199 Å². The zero-order valence-electron chi connectivity index (χ0n) is 18.4. The number of hydrogen-bond acceptors (Lipinski definition) is 5. The van der Waals surface area contributed by atoms with E-state index in [1.165, 1.54) is 6.07 Å². The fourth-order valence-corrected chi connectivity index (χ4v) is 5.02. The topological polar surface area (TPSA) is 45.1 Å². The van der Waals surface area contributed by atoms with Crippen LogP contribution in [-0.2, 0) is 17.4 Å². The first kappa shape index (κ1) is 22.5. The Balaban J connectivity index is 1.43. The molecule has 1 amide bonds. The van der Waals surface area contributed by atoms with Gasteiger partial charge in [0.15, 0.2) is 5.75 Å². The Morgan fingerprint density at radius 2 is 1.94 bits per heavy atom. The minimum atomic E-state index is -4.47. The van der Waals surface area contributed by atoms with E-state index in [0.29, 0.717) is 48.9 Å². The van der Waals surface area contributed by atoms with Gasteiger partial charge in [-0.15, -0.1) is 11.3 Å². The first-order valence-electron chi connectivity index (χ1n) is 10.9. The van der Waals surface area contributed by atoms with Gasteiger partial charge >= 0.3 is 6.18 Å². The molecule has 5 rings (SSSR count). The summed E-state index contributed by atoms with van der Waals surface area (Å²) in [4.78, 5) is 22.6. The van der Waals surface area contributed by atoms with Crippen LogP contribution < -0.4 is 4.74 Å². The first-order valence-corrected chi connectivity index (χ1v) is 11.8. The SMILES string of the molecule is CC1CN(C2=Nc3ccc(C(F)(F)F)cc3Oc3ccccc32)CCN1C(=O)Cc1cccs1. The second-order valence-electron chi connectivity index (χ2n) is 8.35. The molecule has 1 fully saturated rings. The van der Waals surface area contributed by atoms with Crippen molar-refractivity contribution in [3.63, 3.8) is 0 Å². The van der Waals surface area contributed by atoms with Crippen molar-refractivity contribution in [2.75, 3.05) is 19.6 Å². The highest BCUT2D eigenvalue weighted by molar-refractivity contribution is 7.10. The number of fused-ring (bicyclic) bond motifs is 2. The summed E-state index contributed by atoms with van der Waals surface area (Å²) in [6, 6.07) is 14.4. The van der Waals surface area contributed by atoms with Crippen molar-refractivity contribution < 1.29 is 22.7 Å². The lowest BCUT2D eigenvalue weighted by Crippen LogP contribution is -2.55. The number of amides is 1. The number of carbonyl (C=O) groups excluding carboxylic acids is 1. The summed E-state index contributed by atoms with van der Waals surface area (Å²) < 4.78 is 45.7. The highest BCUT2D eigenvalue weighted by Crippen LogP contribution is 2.42. The van der Waals surface area contributed by atoms with Crippen LogP contribution in [0.2, 0.25) is 0 Å². The molecule has 9 heteroatoms. The van der Waals surface area contributed by atoms with Crippen LogP contribution in [-0.4, -0.2) is 47.2 Å². The number of amidine groups is 1. The molecule has 2 aromatic carbocycles. The highest BCUT2D eigenvalue weighted by atomic mass is 32.1. The van der Waals surface area contributed by atoms with Gasteiger partial charge in [-0.1, -0.05) is 18.2 Å². The van der Waals surface area contributed by atoms with E-state index in [-0.39, 0.29) is 17.7 Å². The van der Waals surface area contributed by atoms with Crippen molar-refractivity contribution in [2.45, 2.75) is 25.6 Å². The molecule has 1 saturated heterocycles. The molecule has 1 unspecified atom stereocenters. The van der Waals surface area contributed by atoms with Crippen LogP contribution >= 0.6 is 11.3 Å². The maximum absolute atomic E-state index is 13.3. The van der Waals surface area contributed by atoms with Gasteiger partial charge in [-0.3, -0.25) is 4.79 Å². The van der Waals surface area contributed by atoms with Gasteiger partial charge in [-0.2, -0.15) is 13.2 Å². The Morgan fingerprint density at radius 3 is 2.68 bits per heavy atom. The lowest BCUT2D eigenvalue weighted by molar-refractivity contribution is -0.137. The molecule has 0 bridgehead atoms. The van der Waals surface area contributed by atoms with E-state index in [1.54, 1.807) is 23.5 Å². The molecule has 0 N–H and O–H groups in total. The Hall–Kier alpha value is -3.33. The van der Waals surface area contributed by atoms with Crippen LogP contribution in [0.25, 0.3) is 0 Å². The third-order valence-corrected chi connectivity index (χ3v) is 6.89. The van der Waals surface area contributed by atoms with Crippen molar-refractivity contribution in [1.82, 2.24) is 9.80 Å². The number of thiophene rings is 1. The zero-order chi connectivity index (χ0) is 23.9. The molecule has 1 atom stereocenters. The van der Waals surface area contributed by atoms with Crippen molar-refractivity contribution >= 4 is 28.8 Å². The number of aliphatic imine (C=N–C) groups is 1. The van der Waals surface area contributed by atoms with Gasteiger partial charge < -0.3 is 14.5 Å². The Kier molecular flexibility index (Phi) is 5.81. The molecule has 3 heterocycles. The van der Waals surface area contributed by atoms with Crippen LogP contribution in [0, 0.1) is 0 Å². The molecule has 1 aromatic heterocycles.